The third-order valence-corrected chi connectivity index (χ3v) is 9.95. The van der Waals surface area contributed by atoms with Gasteiger partial charge in [0.2, 0.25) is 0 Å². The second kappa shape index (κ2) is 10.9. The molecule has 0 aliphatic carbocycles. The van der Waals surface area contributed by atoms with Crippen LogP contribution in [0, 0.1) is 20.8 Å². The summed E-state index contributed by atoms with van der Waals surface area (Å²) in [5, 5.41) is 9.77. The number of thiophene rings is 1. The first-order chi connectivity index (χ1) is 15.6. The van der Waals surface area contributed by atoms with Gasteiger partial charge < -0.3 is 9.84 Å². The Morgan fingerprint density at radius 3 is 2.55 bits per heavy atom. The molecule has 6 nitrogen and oxygen atoms in total. The number of thioether (sulfide) groups is 1. The Hall–Kier alpha value is -2.07. The number of carboxylic acid groups (broad SMARTS) is 1. The number of carbonyl (C=O) groups is 1. The van der Waals surface area contributed by atoms with E-state index in [9.17, 15) is 13.2 Å². The maximum atomic E-state index is 13.5. The van der Waals surface area contributed by atoms with Crippen LogP contribution in [-0.2, 0) is 14.8 Å². The van der Waals surface area contributed by atoms with E-state index in [4.69, 9.17) is 9.84 Å². The number of fused-ring (bicyclic) bond motifs is 1. The highest BCUT2D eigenvalue weighted by Crippen LogP contribution is 2.36. The maximum Gasteiger partial charge on any atom is 0.341 e. The van der Waals surface area contributed by atoms with Crippen molar-refractivity contribution in [2.75, 3.05) is 25.4 Å². The smallest absolute Gasteiger partial charge is 0.341 e. The Morgan fingerprint density at radius 1 is 1.12 bits per heavy atom. The van der Waals surface area contributed by atoms with Crippen LogP contribution >= 0.6 is 23.1 Å². The minimum absolute atomic E-state index is 0.381. The molecule has 0 amide bonds. The summed E-state index contributed by atoms with van der Waals surface area (Å²) < 4.78 is 35.3. The summed E-state index contributed by atoms with van der Waals surface area (Å²) in [4.78, 5) is 11.7. The number of aliphatic carboxylic acids is 1. The van der Waals surface area contributed by atoms with Crippen LogP contribution < -0.4 is 4.74 Å². The lowest BCUT2D eigenvalue weighted by molar-refractivity contribution is -0.139. The fraction of sp³-hybridized carbons (Fsp3) is 0.375. The quantitative estimate of drug-likeness (QED) is 0.346. The Morgan fingerprint density at radius 2 is 1.88 bits per heavy atom. The van der Waals surface area contributed by atoms with E-state index >= 15 is 0 Å². The predicted molar refractivity (Wildman–Crippen MR) is 135 cm³/mol. The molecule has 1 aromatic heterocycles. The molecule has 178 valence electrons. The first kappa shape index (κ1) is 25.6. The van der Waals surface area contributed by atoms with E-state index in [-0.39, 0.29) is 6.61 Å². The van der Waals surface area contributed by atoms with Crippen LogP contribution in [0.2, 0.25) is 0 Å². The lowest BCUT2D eigenvalue weighted by Crippen LogP contribution is -2.33. The normalized spacial score (nSPS) is 11.9. The average Bonchev–Trinajstić information content (AvgIpc) is 3.09. The number of aryl methyl sites for hydroxylation is 3. The van der Waals surface area contributed by atoms with Crippen LogP contribution in [0.3, 0.4) is 0 Å². The minimum atomic E-state index is -3.59. The molecule has 0 spiro atoms. The van der Waals surface area contributed by atoms with E-state index in [2.05, 4.69) is 0 Å². The number of hydrogen-bond acceptors (Lipinski definition) is 6. The second-order valence-electron chi connectivity index (χ2n) is 7.88. The molecule has 0 saturated carbocycles. The maximum absolute atomic E-state index is 13.5. The minimum Gasteiger partial charge on any atom is -0.482 e. The monoisotopic (exact) mass is 507 g/mol. The standard InChI is InChI=1S/C24H29NO5S3/c1-5-10-25(11-12-31-19-7-8-21(17(3)14-19)30-15-23(26)27)33(28,29)24-18(4)20-13-16(2)6-9-22(20)32-24/h6-9,13-14H,5,10-12,15H2,1-4H3,(H,26,27). The van der Waals surface area contributed by atoms with Crippen molar-refractivity contribution in [3.05, 3.63) is 53.1 Å². The number of sulfonamides is 1. The molecule has 3 rings (SSSR count). The van der Waals surface area contributed by atoms with Crippen molar-refractivity contribution in [2.24, 2.45) is 0 Å². The fourth-order valence-corrected chi connectivity index (χ4v) is 8.06. The van der Waals surface area contributed by atoms with Crippen LogP contribution in [0.4, 0.5) is 0 Å². The van der Waals surface area contributed by atoms with Gasteiger partial charge in [0, 0.05) is 28.4 Å². The van der Waals surface area contributed by atoms with E-state index in [1.54, 1.807) is 22.1 Å². The Kier molecular flexibility index (Phi) is 8.44. The van der Waals surface area contributed by atoms with Gasteiger partial charge in [0.05, 0.1) is 0 Å². The molecule has 0 saturated heterocycles. The largest absolute Gasteiger partial charge is 0.482 e. The van der Waals surface area contributed by atoms with Crippen molar-refractivity contribution in [2.45, 2.75) is 43.2 Å². The van der Waals surface area contributed by atoms with Gasteiger partial charge in [-0.05, 0) is 68.0 Å². The number of rotatable bonds is 11. The van der Waals surface area contributed by atoms with Gasteiger partial charge in [0.1, 0.15) is 9.96 Å². The topological polar surface area (TPSA) is 83.9 Å². The highest BCUT2D eigenvalue weighted by Gasteiger charge is 2.28. The van der Waals surface area contributed by atoms with Crippen LogP contribution in [0.15, 0.2) is 45.5 Å². The van der Waals surface area contributed by atoms with Crippen molar-refractivity contribution >= 4 is 49.2 Å². The second-order valence-corrected chi connectivity index (χ2v) is 12.2. The molecular formula is C24H29NO5S3. The zero-order valence-corrected chi connectivity index (χ0v) is 21.7. The molecule has 2 aromatic carbocycles. The van der Waals surface area contributed by atoms with Gasteiger partial charge in [-0.15, -0.1) is 23.1 Å². The van der Waals surface area contributed by atoms with Crippen molar-refractivity contribution < 1.29 is 23.1 Å². The molecule has 33 heavy (non-hydrogen) atoms. The number of ether oxygens (including phenoxy) is 1. The van der Waals surface area contributed by atoms with Crippen LogP contribution in [0.25, 0.3) is 10.1 Å². The zero-order valence-electron chi connectivity index (χ0n) is 19.3. The SMILES string of the molecule is CCCN(CCSc1ccc(OCC(=O)O)c(C)c1)S(=O)(=O)c1sc2ccc(C)cc2c1C. The molecule has 0 radical (unpaired) electrons. The van der Waals surface area contributed by atoms with Gasteiger partial charge in [0.15, 0.2) is 6.61 Å². The van der Waals surface area contributed by atoms with E-state index in [1.165, 1.54) is 11.3 Å². The van der Waals surface area contributed by atoms with Crippen LogP contribution in [-0.4, -0.2) is 49.2 Å². The molecule has 0 unspecified atom stereocenters. The molecule has 1 heterocycles. The van der Waals surface area contributed by atoms with E-state index in [1.807, 2.05) is 58.0 Å². The molecule has 0 aliphatic rings. The first-order valence-corrected chi connectivity index (χ1v) is 14.0. The van der Waals surface area contributed by atoms with Crippen molar-refractivity contribution in [3.8, 4) is 5.75 Å². The van der Waals surface area contributed by atoms with Gasteiger partial charge in [-0.25, -0.2) is 13.2 Å². The third kappa shape index (κ3) is 6.09. The average molecular weight is 508 g/mol. The summed E-state index contributed by atoms with van der Waals surface area (Å²) in [5.74, 6) is 0.123. The van der Waals surface area contributed by atoms with Gasteiger partial charge in [0.25, 0.3) is 10.0 Å². The highest BCUT2D eigenvalue weighted by atomic mass is 32.2. The molecule has 0 aliphatic heterocycles. The van der Waals surface area contributed by atoms with E-state index in [0.29, 0.717) is 28.8 Å². The van der Waals surface area contributed by atoms with Gasteiger partial charge in [-0.3, -0.25) is 0 Å². The highest BCUT2D eigenvalue weighted by molar-refractivity contribution is 7.99. The first-order valence-electron chi connectivity index (χ1n) is 10.7. The summed E-state index contributed by atoms with van der Waals surface area (Å²) in [6.45, 7) is 8.24. The molecule has 0 fully saturated rings. The summed E-state index contributed by atoms with van der Waals surface area (Å²) in [5.41, 5.74) is 2.78. The third-order valence-electron chi connectivity index (χ3n) is 5.20. The molecular weight excluding hydrogens is 478 g/mol. The summed E-state index contributed by atoms with van der Waals surface area (Å²) in [6.07, 6.45) is 0.738. The van der Waals surface area contributed by atoms with Crippen LogP contribution in [0.5, 0.6) is 5.75 Å². The number of carboxylic acids is 1. The lowest BCUT2D eigenvalue weighted by Gasteiger charge is -2.21. The Balaban J connectivity index is 1.73. The van der Waals surface area contributed by atoms with E-state index < -0.39 is 16.0 Å². The van der Waals surface area contributed by atoms with Crippen LogP contribution in [0.1, 0.15) is 30.0 Å². The predicted octanol–water partition coefficient (Wildman–Crippen LogP) is 5.48. The summed E-state index contributed by atoms with van der Waals surface area (Å²) in [6, 6.07) is 11.6. The molecule has 0 bridgehead atoms. The van der Waals surface area contributed by atoms with Crippen molar-refractivity contribution in [1.29, 1.82) is 0 Å². The lowest BCUT2D eigenvalue weighted by atomic mass is 10.1. The summed E-state index contributed by atoms with van der Waals surface area (Å²) in [7, 11) is -3.59. The fourth-order valence-electron chi connectivity index (χ4n) is 3.56. The van der Waals surface area contributed by atoms with Gasteiger partial charge in [-0.2, -0.15) is 4.31 Å². The van der Waals surface area contributed by atoms with Crippen molar-refractivity contribution in [3.63, 3.8) is 0 Å². The molecule has 9 heteroatoms. The Bertz CT molecular complexity index is 1250. The Labute approximate surface area is 203 Å². The number of nitrogens with zero attached hydrogens (tertiary/aromatic N) is 1. The molecule has 0 atom stereocenters. The van der Waals surface area contributed by atoms with Gasteiger partial charge in [-0.1, -0.05) is 24.6 Å². The molecule has 1 N–H and O–H groups in total. The van der Waals surface area contributed by atoms with Crippen molar-refractivity contribution in [1.82, 2.24) is 4.31 Å². The zero-order chi connectivity index (χ0) is 24.2. The number of benzene rings is 2. The van der Waals surface area contributed by atoms with Gasteiger partial charge >= 0.3 is 5.97 Å². The summed E-state index contributed by atoms with van der Waals surface area (Å²) >= 11 is 2.91. The number of hydrogen-bond donors (Lipinski definition) is 1. The molecule has 3 aromatic rings. The van der Waals surface area contributed by atoms with E-state index in [0.717, 1.165) is 38.1 Å².